The number of nitrogens with zero attached hydrogens (tertiary/aromatic N) is 1. The molecule has 1 aliphatic rings. The molecule has 6 heteroatoms. The lowest BCUT2D eigenvalue weighted by molar-refractivity contribution is -0.386. The van der Waals surface area contributed by atoms with Crippen molar-refractivity contribution < 1.29 is 18.8 Å². The number of nitro benzene ring substituents is 1. The van der Waals surface area contributed by atoms with E-state index in [4.69, 9.17) is 9.47 Å². The van der Waals surface area contributed by atoms with Gasteiger partial charge in [0.05, 0.1) is 11.5 Å². The van der Waals surface area contributed by atoms with Gasteiger partial charge < -0.3 is 9.47 Å². The summed E-state index contributed by atoms with van der Waals surface area (Å²) in [5.41, 5.74) is -0.205. The summed E-state index contributed by atoms with van der Waals surface area (Å²) < 4.78 is 23.6. The number of hydrogen-bond donors (Lipinski definition) is 0. The van der Waals surface area contributed by atoms with Gasteiger partial charge in [-0.2, -0.15) is 0 Å². The van der Waals surface area contributed by atoms with Crippen LogP contribution in [0.3, 0.4) is 0 Å². The molecule has 0 bridgehead atoms. The summed E-state index contributed by atoms with van der Waals surface area (Å²) in [5.74, 6) is -0.240. The van der Waals surface area contributed by atoms with E-state index in [0.717, 1.165) is 31.0 Å². The second-order valence-electron chi connectivity index (χ2n) is 4.24. The van der Waals surface area contributed by atoms with Crippen molar-refractivity contribution in [2.24, 2.45) is 5.92 Å². The zero-order valence-electron chi connectivity index (χ0n) is 9.80. The fourth-order valence-corrected chi connectivity index (χ4v) is 1.88. The molecular formula is C12H14FNO4. The van der Waals surface area contributed by atoms with Gasteiger partial charge in [0.25, 0.3) is 0 Å². The lowest BCUT2D eigenvalue weighted by Gasteiger charge is -2.21. The van der Waals surface area contributed by atoms with Crippen molar-refractivity contribution in [1.82, 2.24) is 0 Å². The lowest BCUT2D eigenvalue weighted by Crippen LogP contribution is -2.21. The Morgan fingerprint density at radius 3 is 2.83 bits per heavy atom. The van der Waals surface area contributed by atoms with E-state index in [9.17, 15) is 14.5 Å². The van der Waals surface area contributed by atoms with Gasteiger partial charge in [-0.05, 0) is 24.8 Å². The molecule has 0 radical (unpaired) electrons. The third kappa shape index (κ3) is 3.16. The topological polar surface area (TPSA) is 61.6 Å². The molecule has 1 heterocycles. The first kappa shape index (κ1) is 12.8. The van der Waals surface area contributed by atoms with Gasteiger partial charge in [0.1, 0.15) is 5.82 Å². The summed E-state index contributed by atoms with van der Waals surface area (Å²) in [5, 5.41) is 10.8. The summed E-state index contributed by atoms with van der Waals surface area (Å²) in [6.45, 7) is 1.71. The third-order valence-electron chi connectivity index (χ3n) is 2.93. The van der Waals surface area contributed by atoms with Gasteiger partial charge in [0, 0.05) is 25.3 Å². The Balaban J connectivity index is 2.03. The molecule has 1 aromatic carbocycles. The molecule has 0 atom stereocenters. The molecule has 18 heavy (non-hydrogen) atoms. The fourth-order valence-electron chi connectivity index (χ4n) is 1.88. The Morgan fingerprint density at radius 1 is 1.44 bits per heavy atom. The van der Waals surface area contributed by atoms with Crippen LogP contribution in [0.1, 0.15) is 12.8 Å². The molecule has 0 amide bonds. The van der Waals surface area contributed by atoms with Gasteiger partial charge in [0.2, 0.25) is 0 Å². The summed E-state index contributed by atoms with van der Waals surface area (Å²) in [4.78, 5) is 10.2. The van der Waals surface area contributed by atoms with Crippen LogP contribution in [-0.4, -0.2) is 24.7 Å². The summed E-state index contributed by atoms with van der Waals surface area (Å²) in [7, 11) is 0. The van der Waals surface area contributed by atoms with Gasteiger partial charge in [-0.25, -0.2) is 4.39 Å². The molecular weight excluding hydrogens is 241 g/mol. The first-order chi connectivity index (χ1) is 8.66. The van der Waals surface area contributed by atoms with Crippen molar-refractivity contribution in [1.29, 1.82) is 0 Å². The van der Waals surface area contributed by atoms with Crippen molar-refractivity contribution in [2.75, 3.05) is 19.8 Å². The zero-order valence-corrected chi connectivity index (χ0v) is 9.80. The normalized spacial score (nSPS) is 16.5. The van der Waals surface area contributed by atoms with Crippen LogP contribution in [0.15, 0.2) is 18.2 Å². The maximum absolute atomic E-state index is 13.1. The lowest BCUT2D eigenvalue weighted by atomic mass is 10.0. The first-order valence-electron chi connectivity index (χ1n) is 5.81. The molecule has 1 aliphatic heterocycles. The van der Waals surface area contributed by atoms with E-state index in [1.54, 1.807) is 0 Å². The molecule has 2 rings (SSSR count). The van der Waals surface area contributed by atoms with Gasteiger partial charge in [-0.1, -0.05) is 0 Å². The molecule has 0 saturated carbocycles. The van der Waals surface area contributed by atoms with Crippen LogP contribution in [-0.2, 0) is 4.74 Å². The molecule has 0 unspecified atom stereocenters. The molecule has 1 aromatic rings. The van der Waals surface area contributed by atoms with Crippen LogP contribution in [0, 0.1) is 21.8 Å². The summed E-state index contributed by atoms with van der Waals surface area (Å²) in [6, 6.07) is 3.23. The van der Waals surface area contributed by atoms with Gasteiger partial charge in [0.15, 0.2) is 5.75 Å². The van der Waals surface area contributed by atoms with E-state index in [2.05, 4.69) is 0 Å². The molecule has 0 spiro atoms. The first-order valence-corrected chi connectivity index (χ1v) is 5.81. The number of rotatable bonds is 4. The second kappa shape index (κ2) is 5.77. The van der Waals surface area contributed by atoms with Crippen molar-refractivity contribution >= 4 is 5.69 Å². The number of ether oxygens (including phenoxy) is 2. The number of nitro groups is 1. The van der Waals surface area contributed by atoms with Crippen molar-refractivity contribution in [2.45, 2.75) is 12.8 Å². The van der Waals surface area contributed by atoms with Gasteiger partial charge in [-0.15, -0.1) is 0 Å². The minimum Gasteiger partial charge on any atom is -0.486 e. The average molecular weight is 255 g/mol. The number of benzene rings is 1. The minimum absolute atomic E-state index is 0.00788. The Labute approximate surface area is 104 Å². The third-order valence-corrected chi connectivity index (χ3v) is 2.93. The maximum Gasteiger partial charge on any atom is 0.311 e. The molecule has 1 saturated heterocycles. The van der Waals surface area contributed by atoms with E-state index >= 15 is 0 Å². The van der Waals surface area contributed by atoms with Crippen molar-refractivity contribution in [3.8, 4) is 5.75 Å². The average Bonchev–Trinajstić information content (AvgIpc) is 2.37. The van der Waals surface area contributed by atoms with Crippen LogP contribution in [0.2, 0.25) is 0 Å². The predicted octanol–water partition coefficient (Wildman–Crippen LogP) is 2.54. The highest BCUT2D eigenvalue weighted by atomic mass is 19.1. The highest BCUT2D eigenvalue weighted by Gasteiger charge is 2.19. The summed E-state index contributed by atoms with van der Waals surface area (Å²) in [6.07, 6.45) is 1.73. The van der Waals surface area contributed by atoms with Crippen LogP contribution in [0.25, 0.3) is 0 Å². The summed E-state index contributed by atoms with van der Waals surface area (Å²) >= 11 is 0. The zero-order chi connectivity index (χ0) is 13.0. The second-order valence-corrected chi connectivity index (χ2v) is 4.24. The Hall–Kier alpha value is -1.69. The van der Waals surface area contributed by atoms with Gasteiger partial charge in [-0.3, -0.25) is 10.1 Å². The van der Waals surface area contributed by atoms with Crippen LogP contribution in [0.5, 0.6) is 5.75 Å². The molecule has 0 aliphatic carbocycles. The van der Waals surface area contributed by atoms with E-state index in [1.807, 2.05) is 0 Å². The predicted molar refractivity (Wildman–Crippen MR) is 62.1 cm³/mol. The van der Waals surface area contributed by atoms with Gasteiger partial charge >= 0.3 is 5.69 Å². The quantitative estimate of drug-likeness (QED) is 0.612. The molecule has 5 nitrogen and oxygen atoms in total. The van der Waals surface area contributed by atoms with Crippen molar-refractivity contribution in [3.05, 3.63) is 34.1 Å². The standard InChI is InChI=1S/C12H14FNO4/c13-10-1-2-11(14(15)16)12(7-10)18-8-9-3-5-17-6-4-9/h1-2,7,9H,3-6,8H2. The Kier molecular flexibility index (Phi) is 4.09. The fraction of sp³-hybridized carbons (Fsp3) is 0.500. The highest BCUT2D eigenvalue weighted by Crippen LogP contribution is 2.28. The smallest absolute Gasteiger partial charge is 0.311 e. The Morgan fingerprint density at radius 2 is 2.17 bits per heavy atom. The van der Waals surface area contributed by atoms with E-state index < -0.39 is 10.7 Å². The molecule has 0 aromatic heterocycles. The van der Waals surface area contributed by atoms with Crippen LogP contribution in [0.4, 0.5) is 10.1 Å². The largest absolute Gasteiger partial charge is 0.486 e. The molecule has 0 N–H and O–H groups in total. The van der Waals surface area contributed by atoms with Crippen LogP contribution < -0.4 is 4.74 Å². The molecule has 98 valence electrons. The number of halogens is 1. The highest BCUT2D eigenvalue weighted by molar-refractivity contribution is 5.46. The Bertz CT molecular complexity index is 432. The van der Waals surface area contributed by atoms with E-state index in [0.29, 0.717) is 25.7 Å². The van der Waals surface area contributed by atoms with Crippen LogP contribution >= 0.6 is 0 Å². The van der Waals surface area contributed by atoms with E-state index in [-0.39, 0.29) is 11.4 Å². The van der Waals surface area contributed by atoms with E-state index in [1.165, 1.54) is 0 Å². The maximum atomic E-state index is 13.1. The van der Waals surface area contributed by atoms with Crippen molar-refractivity contribution in [3.63, 3.8) is 0 Å². The minimum atomic E-state index is -0.571. The number of hydrogen-bond acceptors (Lipinski definition) is 4. The SMILES string of the molecule is O=[N+]([O-])c1ccc(F)cc1OCC1CCOCC1. The monoisotopic (exact) mass is 255 g/mol. The molecule has 1 fully saturated rings.